The van der Waals surface area contributed by atoms with Crippen molar-refractivity contribution in [3.63, 3.8) is 0 Å². The molecule has 0 bridgehead atoms. The van der Waals surface area contributed by atoms with E-state index in [-0.39, 0.29) is 5.91 Å². The van der Waals surface area contributed by atoms with Crippen molar-refractivity contribution in [3.05, 3.63) is 96.7 Å². The Kier molecular flexibility index (Phi) is 22.5. The van der Waals surface area contributed by atoms with Crippen molar-refractivity contribution >= 4 is 33.3 Å². The molecule has 202 valence electrons. The van der Waals surface area contributed by atoms with Crippen molar-refractivity contribution in [3.8, 4) is 0 Å². The second-order valence-corrected chi connectivity index (χ2v) is 11.2. The molecule has 0 saturated heterocycles. The highest BCUT2D eigenvalue weighted by molar-refractivity contribution is 8.76. The molecule has 0 fully saturated rings. The highest BCUT2D eigenvalue weighted by Crippen LogP contribution is 2.22. The number of hydrogen-bond donors (Lipinski definition) is 1. The normalized spacial score (nSPS) is 12.1. The fourth-order valence-electron chi connectivity index (χ4n) is 3.25. The molecule has 0 aliphatic carbocycles. The fourth-order valence-corrected chi connectivity index (χ4v) is 5.25. The standard InChI is InChI=1S/C32H45NO2S2/c1-2-3-4-5-6-7-8-9-10-11-12-13-14-15-16-17-21-25-31(34)26-22-28-36-37-29-27-33-32(35)30-23-19-18-20-24-30/h3-4,6-7,9-10,12-13,15-16,18-20,23-24H,2,5,8,11,14,17,21-22,25-29H2,1H3,(H,33,35)/b4-3-,7-6-,10-9-,13-12-,16-15-. The Morgan fingerprint density at radius 2 is 1.24 bits per heavy atom. The van der Waals surface area contributed by atoms with Gasteiger partial charge in [-0.25, -0.2) is 0 Å². The average molecular weight is 540 g/mol. The molecule has 0 spiro atoms. The fraction of sp³-hybridized carbons (Fsp3) is 0.438. The molecule has 1 N–H and O–H groups in total. The number of rotatable bonds is 22. The molecule has 0 atom stereocenters. The molecule has 1 amide bonds. The van der Waals surface area contributed by atoms with Gasteiger partial charge in [-0.1, -0.05) is 107 Å². The molecule has 0 saturated carbocycles. The first-order valence-corrected chi connectivity index (χ1v) is 16.1. The Morgan fingerprint density at radius 1 is 0.703 bits per heavy atom. The van der Waals surface area contributed by atoms with E-state index in [0.717, 1.165) is 62.9 Å². The number of carbonyl (C=O) groups excluding carboxylic acids is 2. The lowest BCUT2D eigenvalue weighted by molar-refractivity contribution is -0.119. The molecule has 37 heavy (non-hydrogen) atoms. The number of amides is 1. The van der Waals surface area contributed by atoms with Crippen molar-refractivity contribution in [1.82, 2.24) is 5.32 Å². The number of benzene rings is 1. The first-order valence-electron chi connectivity index (χ1n) is 13.6. The lowest BCUT2D eigenvalue weighted by Crippen LogP contribution is -2.25. The topological polar surface area (TPSA) is 46.2 Å². The molecule has 1 aromatic carbocycles. The summed E-state index contributed by atoms with van der Waals surface area (Å²) in [5.74, 6) is 2.18. The van der Waals surface area contributed by atoms with Crippen LogP contribution in [0.25, 0.3) is 0 Å². The third-order valence-corrected chi connectivity index (χ3v) is 7.75. The summed E-state index contributed by atoms with van der Waals surface area (Å²) in [4.78, 5) is 24.0. The quantitative estimate of drug-likeness (QED) is 0.0907. The number of ketones is 1. The number of unbranched alkanes of at least 4 members (excludes halogenated alkanes) is 1. The number of hydrogen-bond acceptors (Lipinski definition) is 4. The van der Waals surface area contributed by atoms with Crippen LogP contribution >= 0.6 is 21.6 Å². The summed E-state index contributed by atoms with van der Waals surface area (Å²) in [6.45, 7) is 2.81. The van der Waals surface area contributed by atoms with Crippen LogP contribution in [0.5, 0.6) is 0 Å². The highest BCUT2D eigenvalue weighted by Gasteiger charge is 2.04. The van der Waals surface area contributed by atoms with E-state index in [1.165, 1.54) is 0 Å². The van der Waals surface area contributed by atoms with Crippen LogP contribution in [0.1, 0.15) is 81.5 Å². The van der Waals surface area contributed by atoms with Crippen molar-refractivity contribution in [2.24, 2.45) is 0 Å². The monoisotopic (exact) mass is 539 g/mol. The van der Waals surface area contributed by atoms with Crippen molar-refractivity contribution in [2.75, 3.05) is 18.1 Å². The second-order valence-electron chi connectivity index (χ2n) is 8.51. The van der Waals surface area contributed by atoms with Gasteiger partial charge >= 0.3 is 0 Å². The van der Waals surface area contributed by atoms with Gasteiger partial charge < -0.3 is 5.32 Å². The summed E-state index contributed by atoms with van der Waals surface area (Å²) < 4.78 is 0. The van der Waals surface area contributed by atoms with E-state index >= 15 is 0 Å². The smallest absolute Gasteiger partial charge is 0.251 e. The van der Waals surface area contributed by atoms with Crippen LogP contribution in [0.2, 0.25) is 0 Å². The SMILES string of the molecule is CC/C=C\C/C=C\C/C=C\C/C=C\C/C=C\CCCC(=O)CCCSSCCNC(=O)c1ccccc1. The molecule has 5 heteroatoms. The van der Waals surface area contributed by atoms with E-state index in [1.54, 1.807) is 21.6 Å². The summed E-state index contributed by atoms with van der Waals surface area (Å²) in [5.41, 5.74) is 0.694. The second kappa shape index (κ2) is 25.4. The molecule has 1 rings (SSSR count). The molecule has 3 nitrogen and oxygen atoms in total. The van der Waals surface area contributed by atoms with Crippen LogP contribution in [0.4, 0.5) is 0 Å². The first-order chi connectivity index (χ1) is 18.2. The van der Waals surface area contributed by atoms with Gasteiger partial charge in [-0.05, 0) is 63.5 Å². The van der Waals surface area contributed by atoms with E-state index < -0.39 is 0 Å². The van der Waals surface area contributed by atoms with Gasteiger partial charge in [0, 0.05) is 36.5 Å². The zero-order chi connectivity index (χ0) is 26.7. The van der Waals surface area contributed by atoms with Gasteiger partial charge in [0.1, 0.15) is 5.78 Å². The summed E-state index contributed by atoms with van der Waals surface area (Å²) >= 11 is 0. The summed E-state index contributed by atoms with van der Waals surface area (Å²) in [5, 5.41) is 2.93. The van der Waals surface area contributed by atoms with Crippen LogP contribution in [-0.2, 0) is 4.79 Å². The zero-order valence-electron chi connectivity index (χ0n) is 22.5. The van der Waals surface area contributed by atoms with Gasteiger partial charge in [-0.15, -0.1) is 0 Å². The Balaban J connectivity index is 1.88. The van der Waals surface area contributed by atoms with Crippen LogP contribution < -0.4 is 5.32 Å². The first kappa shape index (κ1) is 32.8. The van der Waals surface area contributed by atoms with Crippen LogP contribution in [0.15, 0.2) is 91.1 Å². The minimum atomic E-state index is -0.0265. The zero-order valence-corrected chi connectivity index (χ0v) is 24.1. The van der Waals surface area contributed by atoms with Gasteiger partial charge in [0.25, 0.3) is 5.91 Å². The summed E-state index contributed by atoms with van der Waals surface area (Å²) in [6, 6.07) is 9.27. The van der Waals surface area contributed by atoms with Crippen molar-refractivity contribution < 1.29 is 9.59 Å². The molecule has 0 radical (unpaired) electrons. The third kappa shape index (κ3) is 21.5. The van der Waals surface area contributed by atoms with E-state index in [0.29, 0.717) is 30.7 Å². The van der Waals surface area contributed by atoms with Gasteiger partial charge in [0.2, 0.25) is 0 Å². The predicted molar refractivity (Wildman–Crippen MR) is 166 cm³/mol. The van der Waals surface area contributed by atoms with Gasteiger partial charge in [0.05, 0.1) is 0 Å². The molecule has 0 unspecified atom stereocenters. The molecule has 0 aliphatic heterocycles. The molecular formula is C32H45NO2S2. The van der Waals surface area contributed by atoms with E-state index in [2.05, 4.69) is 73.0 Å². The lowest BCUT2D eigenvalue weighted by Gasteiger charge is -2.05. The van der Waals surface area contributed by atoms with E-state index in [9.17, 15) is 9.59 Å². The maximum atomic E-state index is 12.0. The van der Waals surface area contributed by atoms with Crippen molar-refractivity contribution in [1.29, 1.82) is 0 Å². The van der Waals surface area contributed by atoms with Gasteiger partial charge in [0.15, 0.2) is 0 Å². The molecule has 1 aromatic rings. The minimum absolute atomic E-state index is 0.0265. The molecular weight excluding hydrogens is 494 g/mol. The molecule has 0 aliphatic rings. The highest BCUT2D eigenvalue weighted by atomic mass is 33.1. The Bertz CT molecular complexity index is 857. The van der Waals surface area contributed by atoms with Crippen molar-refractivity contribution in [2.45, 2.75) is 71.1 Å². The third-order valence-electron chi connectivity index (χ3n) is 5.26. The number of Topliss-reactive ketones (excluding diaryl/α,β-unsaturated/α-hetero) is 1. The molecule has 0 heterocycles. The predicted octanol–water partition coefficient (Wildman–Crippen LogP) is 9.07. The Morgan fingerprint density at radius 3 is 1.86 bits per heavy atom. The maximum Gasteiger partial charge on any atom is 0.251 e. The Labute approximate surface area is 233 Å². The number of carbonyl (C=O) groups is 2. The average Bonchev–Trinajstić information content (AvgIpc) is 2.92. The number of nitrogens with one attached hydrogen (secondary N) is 1. The summed E-state index contributed by atoms with van der Waals surface area (Å²) in [6.07, 6.45) is 31.3. The largest absolute Gasteiger partial charge is 0.351 e. The summed E-state index contributed by atoms with van der Waals surface area (Å²) in [7, 11) is 3.53. The van der Waals surface area contributed by atoms with Gasteiger partial charge in [-0.2, -0.15) is 0 Å². The number of allylic oxidation sites excluding steroid dienone is 10. The van der Waals surface area contributed by atoms with Crippen LogP contribution in [0.3, 0.4) is 0 Å². The van der Waals surface area contributed by atoms with E-state index in [1.807, 2.05) is 30.3 Å². The van der Waals surface area contributed by atoms with E-state index in [4.69, 9.17) is 0 Å². The lowest BCUT2D eigenvalue weighted by atomic mass is 10.1. The maximum absolute atomic E-state index is 12.0. The Hall–Kier alpha value is -2.24. The molecule has 0 aromatic heterocycles. The van der Waals surface area contributed by atoms with Crippen LogP contribution in [0, 0.1) is 0 Å². The van der Waals surface area contributed by atoms with Crippen LogP contribution in [-0.4, -0.2) is 29.7 Å². The van der Waals surface area contributed by atoms with Gasteiger partial charge in [-0.3, -0.25) is 9.59 Å². The minimum Gasteiger partial charge on any atom is -0.351 e.